The summed E-state index contributed by atoms with van der Waals surface area (Å²) in [6.07, 6.45) is 0. The van der Waals surface area contributed by atoms with Gasteiger partial charge in [-0.1, -0.05) is 12.2 Å². The molecule has 1 aliphatic rings. The molecule has 1 N–H and O–H groups in total. The van der Waals surface area contributed by atoms with Gasteiger partial charge in [0.1, 0.15) is 4.99 Å². The minimum Gasteiger partial charge on any atom is -0.493 e. The first-order chi connectivity index (χ1) is 10.2. The second-order valence-corrected chi connectivity index (χ2v) is 5.58. The van der Waals surface area contributed by atoms with Crippen LogP contribution < -0.4 is 14.4 Å². The summed E-state index contributed by atoms with van der Waals surface area (Å²) in [7, 11) is 1.66. The second-order valence-electron chi connectivity index (χ2n) is 5.19. The van der Waals surface area contributed by atoms with Crippen LogP contribution in [0.25, 0.3) is 0 Å². The Hall–Kier alpha value is -1.33. The smallest absolute Gasteiger partial charge is 0.161 e. The van der Waals surface area contributed by atoms with E-state index in [2.05, 4.69) is 11.8 Å². The number of nitrogens with zero attached hydrogens (tertiary/aromatic N) is 1. The first kappa shape index (κ1) is 16.0. The summed E-state index contributed by atoms with van der Waals surface area (Å²) in [5.41, 5.74) is 1.03. The Morgan fingerprint density at radius 3 is 2.52 bits per heavy atom. The van der Waals surface area contributed by atoms with E-state index >= 15 is 0 Å². The van der Waals surface area contributed by atoms with E-state index in [-0.39, 0.29) is 0 Å². The summed E-state index contributed by atoms with van der Waals surface area (Å²) >= 11 is 5.65. The Labute approximate surface area is 132 Å². The van der Waals surface area contributed by atoms with Crippen LogP contribution in [0.2, 0.25) is 0 Å². The van der Waals surface area contributed by atoms with Crippen LogP contribution in [0.4, 0.5) is 0 Å². The van der Waals surface area contributed by atoms with Crippen LogP contribution in [0.1, 0.15) is 19.4 Å². The molecule has 0 amide bonds. The maximum atomic E-state index is 5.65. The van der Waals surface area contributed by atoms with Gasteiger partial charge >= 0.3 is 0 Å². The third kappa shape index (κ3) is 3.86. The molecule has 0 aromatic heterocycles. The van der Waals surface area contributed by atoms with Gasteiger partial charge in [-0.3, -0.25) is 0 Å². The number of ether oxygens (including phenoxy) is 2. The first-order valence-electron chi connectivity index (χ1n) is 7.63. The molecule has 1 saturated heterocycles. The fraction of sp³-hybridized carbons (Fsp3) is 0.562. The molecule has 0 saturated carbocycles. The van der Waals surface area contributed by atoms with Crippen LogP contribution in [-0.2, 0) is 0 Å². The van der Waals surface area contributed by atoms with E-state index in [1.807, 2.05) is 25.1 Å². The van der Waals surface area contributed by atoms with Crippen molar-refractivity contribution >= 4 is 17.2 Å². The Morgan fingerprint density at radius 1 is 1.24 bits per heavy atom. The van der Waals surface area contributed by atoms with Gasteiger partial charge in [0.15, 0.2) is 11.5 Å². The number of thiocarbonyl (C=S) groups is 1. The largest absolute Gasteiger partial charge is 0.493 e. The van der Waals surface area contributed by atoms with E-state index < -0.39 is 0 Å². The quantitative estimate of drug-likeness (QED) is 0.821. The summed E-state index contributed by atoms with van der Waals surface area (Å²) in [4.78, 5) is 4.86. The summed E-state index contributed by atoms with van der Waals surface area (Å²) in [5.74, 6) is 1.52. The van der Waals surface area contributed by atoms with Crippen molar-refractivity contribution in [3.8, 4) is 11.5 Å². The molecule has 0 aliphatic carbocycles. The highest BCUT2D eigenvalue weighted by molar-refractivity contribution is 7.80. The molecule has 1 heterocycles. The molecule has 1 fully saturated rings. The minimum absolute atomic E-state index is 0.627. The highest BCUT2D eigenvalue weighted by Gasteiger charge is 2.21. The summed E-state index contributed by atoms with van der Waals surface area (Å²) in [6.45, 7) is 10.4. The lowest BCUT2D eigenvalue weighted by atomic mass is 10.1. The Morgan fingerprint density at radius 2 is 1.95 bits per heavy atom. The normalized spacial score (nSPS) is 15.9. The molecular weight excluding hydrogens is 284 g/mol. The number of hydrogen-bond acceptors (Lipinski definition) is 3. The first-order valence-corrected chi connectivity index (χ1v) is 8.04. The molecule has 0 atom stereocenters. The number of methoxy groups -OCH3 is 1. The molecule has 1 aromatic carbocycles. The lowest BCUT2D eigenvalue weighted by Crippen LogP contribution is -3.14. The zero-order chi connectivity index (χ0) is 15.2. The Kier molecular flexibility index (Phi) is 5.82. The van der Waals surface area contributed by atoms with Crippen LogP contribution in [-0.4, -0.2) is 56.3 Å². The van der Waals surface area contributed by atoms with Crippen molar-refractivity contribution in [2.45, 2.75) is 13.8 Å². The zero-order valence-electron chi connectivity index (χ0n) is 13.1. The number of quaternary nitrogens is 1. The van der Waals surface area contributed by atoms with E-state index in [1.54, 1.807) is 12.0 Å². The lowest BCUT2D eigenvalue weighted by molar-refractivity contribution is -0.902. The van der Waals surface area contributed by atoms with Gasteiger partial charge < -0.3 is 19.3 Å². The Balaban J connectivity index is 2.09. The van der Waals surface area contributed by atoms with Crippen molar-refractivity contribution in [2.75, 3.05) is 46.4 Å². The number of nitrogens with one attached hydrogen (secondary N) is 1. The maximum absolute atomic E-state index is 5.65. The molecule has 0 spiro atoms. The molecule has 1 aromatic rings. The monoisotopic (exact) mass is 309 g/mol. The molecule has 0 radical (unpaired) electrons. The average molecular weight is 309 g/mol. The fourth-order valence-electron chi connectivity index (χ4n) is 2.64. The SMILES string of the molecule is CCOc1ccc(C(=S)N2CC[NH+](CC)CC2)cc1OC. The highest BCUT2D eigenvalue weighted by Crippen LogP contribution is 2.28. The molecular formula is C16H25N2O2S+. The molecule has 2 rings (SSSR count). The van der Waals surface area contributed by atoms with E-state index in [4.69, 9.17) is 21.7 Å². The third-order valence-corrected chi connectivity index (χ3v) is 4.46. The predicted molar refractivity (Wildman–Crippen MR) is 88.7 cm³/mol. The van der Waals surface area contributed by atoms with Crippen molar-refractivity contribution in [3.63, 3.8) is 0 Å². The van der Waals surface area contributed by atoms with Gasteiger partial charge in [0.05, 0.1) is 46.4 Å². The lowest BCUT2D eigenvalue weighted by Gasteiger charge is -2.33. The number of hydrogen-bond donors (Lipinski definition) is 1. The summed E-state index contributed by atoms with van der Waals surface area (Å²) < 4.78 is 11.0. The topological polar surface area (TPSA) is 26.1 Å². The van der Waals surface area contributed by atoms with Gasteiger partial charge in [-0.15, -0.1) is 0 Å². The molecule has 116 valence electrons. The van der Waals surface area contributed by atoms with Gasteiger partial charge in [0.2, 0.25) is 0 Å². The molecule has 1 aliphatic heterocycles. The second kappa shape index (κ2) is 7.61. The van der Waals surface area contributed by atoms with Gasteiger partial charge in [0, 0.05) is 5.56 Å². The van der Waals surface area contributed by atoms with Crippen molar-refractivity contribution < 1.29 is 14.4 Å². The number of piperazine rings is 1. The number of benzene rings is 1. The van der Waals surface area contributed by atoms with Crippen molar-refractivity contribution in [1.29, 1.82) is 0 Å². The van der Waals surface area contributed by atoms with Crippen LogP contribution in [0.3, 0.4) is 0 Å². The van der Waals surface area contributed by atoms with Crippen LogP contribution in [0.15, 0.2) is 18.2 Å². The van der Waals surface area contributed by atoms with Crippen LogP contribution in [0, 0.1) is 0 Å². The maximum Gasteiger partial charge on any atom is 0.161 e. The van der Waals surface area contributed by atoms with Crippen molar-refractivity contribution in [3.05, 3.63) is 23.8 Å². The van der Waals surface area contributed by atoms with Gasteiger partial charge in [-0.05, 0) is 32.0 Å². The number of likely N-dealkylation sites (N-methyl/N-ethyl adjacent to an activating group) is 1. The van der Waals surface area contributed by atoms with Crippen LogP contribution in [0.5, 0.6) is 11.5 Å². The van der Waals surface area contributed by atoms with E-state index in [0.717, 1.165) is 48.2 Å². The standard InChI is InChI=1S/C16H24N2O2S/c1-4-17-8-10-18(11-9-17)16(21)13-6-7-14(20-5-2)15(12-13)19-3/h6-7,12H,4-5,8-11H2,1-3H3/p+1. The molecule has 0 bridgehead atoms. The van der Waals surface area contributed by atoms with Crippen LogP contribution >= 0.6 is 12.2 Å². The zero-order valence-corrected chi connectivity index (χ0v) is 14.0. The van der Waals surface area contributed by atoms with Gasteiger partial charge in [0.25, 0.3) is 0 Å². The van der Waals surface area contributed by atoms with Crippen molar-refractivity contribution in [2.24, 2.45) is 0 Å². The minimum atomic E-state index is 0.627. The van der Waals surface area contributed by atoms with Crippen molar-refractivity contribution in [1.82, 2.24) is 4.90 Å². The molecule has 21 heavy (non-hydrogen) atoms. The summed E-state index contributed by atoms with van der Waals surface area (Å²) in [5, 5.41) is 0. The number of rotatable bonds is 5. The highest BCUT2D eigenvalue weighted by atomic mass is 32.1. The molecule has 4 nitrogen and oxygen atoms in total. The average Bonchev–Trinajstić information content (AvgIpc) is 2.55. The molecule has 0 unspecified atom stereocenters. The predicted octanol–water partition coefficient (Wildman–Crippen LogP) is 0.990. The van der Waals surface area contributed by atoms with E-state index in [1.165, 1.54) is 6.54 Å². The summed E-state index contributed by atoms with van der Waals surface area (Å²) in [6, 6.07) is 5.94. The van der Waals surface area contributed by atoms with Gasteiger partial charge in [-0.2, -0.15) is 0 Å². The van der Waals surface area contributed by atoms with E-state index in [0.29, 0.717) is 6.61 Å². The fourth-order valence-corrected chi connectivity index (χ4v) is 2.95. The molecule has 5 heteroatoms. The van der Waals surface area contributed by atoms with Gasteiger partial charge in [-0.25, -0.2) is 0 Å². The van der Waals surface area contributed by atoms with E-state index in [9.17, 15) is 0 Å². The Bertz CT molecular complexity index is 485. The third-order valence-electron chi connectivity index (χ3n) is 3.97.